The van der Waals surface area contributed by atoms with Gasteiger partial charge in [-0.3, -0.25) is 0 Å². The molecule has 0 spiro atoms. The molecule has 0 heterocycles. The normalized spacial score (nSPS) is 15.0. The fraction of sp³-hybridized carbons (Fsp3) is 0.556. The molecule has 0 amide bonds. The van der Waals surface area contributed by atoms with Crippen molar-refractivity contribution in [3.05, 3.63) is 40.5 Å². The average Bonchev–Trinajstić information content (AvgIpc) is 2.50. The summed E-state index contributed by atoms with van der Waals surface area (Å²) in [4.78, 5) is 11.4. The van der Waals surface area contributed by atoms with Crippen LogP contribution in [0.5, 0.6) is 0 Å². The number of carbonyl (C=O) groups excluding carboxylic acids is 1. The fourth-order valence-electron chi connectivity index (χ4n) is 2.14. The number of rotatable bonds is 8. The number of unbranched alkanes of at least 4 members (excludes halogenated alkanes) is 1. The molecular weight excluding hydrogens is 280 g/mol. The molecule has 0 bridgehead atoms. The second-order valence-electron chi connectivity index (χ2n) is 5.00. The zero-order valence-corrected chi connectivity index (χ0v) is 14.0. The van der Waals surface area contributed by atoms with Crippen molar-refractivity contribution in [3.63, 3.8) is 0 Å². The van der Waals surface area contributed by atoms with Crippen LogP contribution in [-0.4, -0.2) is 18.3 Å². The summed E-state index contributed by atoms with van der Waals surface area (Å²) < 4.78 is 4.92. The van der Waals surface area contributed by atoms with Crippen molar-refractivity contribution in [2.75, 3.05) is 12.4 Å². The Morgan fingerprint density at radius 2 is 2.05 bits per heavy atom. The minimum Gasteiger partial charge on any atom is -0.463 e. The minimum atomic E-state index is -0.260. The third kappa shape index (κ3) is 7.99. The second kappa shape index (κ2) is 11.5. The van der Waals surface area contributed by atoms with Gasteiger partial charge in [-0.1, -0.05) is 19.4 Å². The molecule has 0 saturated heterocycles. The maximum Gasteiger partial charge on any atom is 0.330 e. The van der Waals surface area contributed by atoms with Crippen LogP contribution in [0.15, 0.2) is 40.5 Å². The van der Waals surface area contributed by atoms with Crippen molar-refractivity contribution >= 4 is 17.7 Å². The van der Waals surface area contributed by atoms with Gasteiger partial charge in [0.1, 0.15) is 0 Å². The molecule has 0 fully saturated rings. The summed E-state index contributed by atoms with van der Waals surface area (Å²) in [6.07, 6.45) is 12.5. The van der Waals surface area contributed by atoms with Gasteiger partial charge in [0.2, 0.25) is 0 Å². The number of ether oxygens (including phenoxy) is 1. The molecule has 0 aromatic rings. The van der Waals surface area contributed by atoms with Crippen molar-refractivity contribution in [3.8, 4) is 0 Å². The standard InChI is InChI=1S/C18H26O2S/c1-3-5-14-21-15-8-11-16-9-6-7-10-17(16)12-13-18(19)20-4-2/h11-13,15H,3-7,9-10,14H2,1-2H3/b13-12+. The van der Waals surface area contributed by atoms with Gasteiger partial charge in [-0.05, 0) is 62.0 Å². The van der Waals surface area contributed by atoms with E-state index in [1.165, 1.54) is 42.9 Å². The van der Waals surface area contributed by atoms with Gasteiger partial charge in [-0.25, -0.2) is 4.79 Å². The molecule has 1 aliphatic rings. The molecule has 0 aromatic carbocycles. The molecule has 116 valence electrons. The minimum absolute atomic E-state index is 0.260. The van der Waals surface area contributed by atoms with E-state index in [-0.39, 0.29) is 5.97 Å². The number of hydrogen-bond acceptors (Lipinski definition) is 3. The molecule has 1 rings (SSSR count). The monoisotopic (exact) mass is 306 g/mol. The maximum absolute atomic E-state index is 11.4. The molecule has 0 unspecified atom stereocenters. The Morgan fingerprint density at radius 3 is 2.76 bits per heavy atom. The zero-order chi connectivity index (χ0) is 15.3. The molecule has 0 radical (unpaired) electrons. The van der Waals surface area contributed by atoms with Gasteiger partial charge in [-0.2, -0.15) is 0 Å². The smallest absolute Gasteiger partial charge is 0.330 e. The summed E-state index contributed by atoms with van der Waals surface area (Å²) >= 11 is 1.81. The van der Waals surface area contributed by atoms with E-state index in [4.69, 9.17) is 4.74 Å². The Labute approximate surface area is 133 Å². The van der Waals surface area contributed by atoms with E-state index in [2.05, 4.69) is 18.7 Å². The van der Waals surface area contributed by atoms with Crippen molar-refractivity contribution in [2.24, 2.45) is 0 Å². The highest BCUT2D eigenvalue weighted by atomic mass is 32.2. The van der Waals surface area contributed by atoms with Crippen LogP contribution in [0.3, 0.4) is 0 Å². The van der Waals surface area contributed by atoms with E-state index in [1.54, 1.807) is 0 Å². The van der Waals surface area contributed by atoms with E-state index < -0.39 is 0 Å². The fourth-order valence-corrected chi connectivity index (χ4v) is 2.87. The Bertz CT molecular complexity index is 440. The van der Waals surface area contributed by atoms with Crippen LogP contribution in [0, 0.1) is 0 Å². The Balaban J connectivity index is 2.64. The maximum atomic E-state index is 11.4. The van der Waals surface area contributed by atoms with Gasteiger partial charge in [0.15, 0.2) is 0 Å². The van der Waals surface area contributed by atoms with E-state index in [0.29, 0.717) is 6.61 Å². The molecule has 0 aliphatic heterocycles. The molecule has 1 aliphatic carbocycles. The molecule has 0 saturated carbocycles. The molecule has 3 heteroatoms. The van der Waals surface area contributed by atoms with Crippen molar-refractivity contribution in [2.45, 2.75) is 52.4 Å². The number of carbonyl (C=O) groups is 1. The lowest BCUT2D eigenvalue weighted by atomic mass is 9.91. The van der Waals surface area contributed by atoms with Crippen molar-refractivity contribution in [1.29, 1.82) is 0 Å². The Kier molecular flexibility index (Phi) is 9.77. The van der Waals surface area contributed by atoms with Gasteiger partial charge in [-0.15, -0.1) is 17.5 Å². The first-order valence-corrected chi connectivity index (χ1v) is 8.92. The molecular formula is C18H26O2S. The first-order chi connectivity index (χ1) is 10.3. The molecule has 0 N–H and O–H groups in total. The molecule has 0 atom stereocenters. The van der Waals surface area contributed by atoms with Crippen LogP contribution in [-0.2, 0) is 9.53 Å². The number of allylic oxidation sites excluding steroid dienone is 4. The predicted octanol–water partition coefficient (Wildman–Crippen LogP) is 5.18. The van der Waals surface area contributed by atoms with Crippen LogP contribution in [0.25, 0.3) is 0 Å². The topological polar surface area (TPSA) is 26.3 Å². The molecule has 2 nitrogen and oxygen atoms in total. The highest BCUT2D eigenvalue weighted by molar-refractivity contribution is 8.02. The third-order valence-corrected chi connectivity index (χ3v) is 4.11. The lowest BCUT2D eigenvalue weighted by Gasteiger charge is -2.14. The molecule has 21 heavy (non-hydrogen) atoms. The average molecular weight is 306 g/mol. The SMILES string of the molecule is CCCCSC=C=CC1=C(/C=C/C(=O)OCC)CCCC1. The number of esters is 1. The van der Waals surface area contributed by atoms with E-state index in [0.717, 1.165) is 18.6 Å². The van der Waals surface area contributed by atoms with E-state index in [1.807, 2.05) is 30.2 Å². The van der Waals surface area contributed by atoms with Crippen molar-refractivity contribution < 1.29 is 9.53 Å². The Hall–Kier alpha value is -1.18. The van der Waals surface area contributed by atoms with Crippen LogP contribution in [0.2, 0.25) is 0 Å². The van der Waals surface area contributed by atoms with Gasteiger partial charge >= 0.3 is 5.97 Å². The van der Waals surface area contributed by atoms with Crippen molar-refractivity contribution in [1.82, 2.24) is 0 Å². The summed E-state index contributed by atoms with van der Waals surface area (Å²) in [5.74, 6) is 0.899. The first kappa shape index (κ1) is 17.9. The number of thioether (sulfide) groups is 1. The summed E-state index contributed by atoms with van der Waals surface area (Å²) in [6.45, 7) is 4.45. The lowest BCUT2D eigenvalue weighted by molar-refractivity contribution is -0.137. The molecule has 0 aromatic heterocycles. The quantitative estimate of drug-likeness (QED) is 0.267. The highest BCUT2D eigenvalue weighted by Gasteiger charge is 2.08. The van der Waals surface area contributed by atoms with Crippen LogP contribution in [0.1, 0.15) is 52.4 Å². The van der Waals surface area contributed by atoms with E-state index >= 15 is 0 Å². The van der Waals surface area contributed by atoms with Crippen LogP contribution < -0.4 is 0 Å². The summed E-state index contributed by atoms with van der Waals surface area (Å²) in [5, 5.41) is 2.05. The first-order valence-electron chi connectivity index (χ1n) is 7.87. The highest BCUT2D eigenvalue weighted by Crippen LogP contribution is 2.26. The van der Waals surface area contributed by atoms with Gasteiger partial charge in [0.25, 0.3) is 0 Å². The Morgan fingerprint density at radius 1 is 1.29 bits per heavy atom. The third-order valence-electron chi connectivity index (χ3n) is 3.29. The summed E-state index contributed by atoms with van der Waals surface area (Å²) in [5.41, 5.74) is 5.81. The zero-order valence-electron chi connectivity index (χ0n) is 13.2. The van der Waals surface area contributed by atoms with Crippen LogP contribution in [0.4, 0.5) is 0 Å². The number of hydrogen-bond donors (Lipinski definition) is 0. The van der Waals surface area contributed by atoms with E-state index in [9.17, 15) is 4.79 Å². The lowest BCUT2D eigenvalue weighted by Crippen LogP contribution is -2.01. The predicted molar refractivity (Wildman–Crippen MR) is 91.3 cm³/mol. The summed E-state index contributed by atoms with van der Waals surface area (Å²) in [7, 11) is 0. The second-order valence-corrected chi connectivity index (χ2v) is 5.97. The van der Waals surface area contributed by atoms with Gasteiger partial charge < -0.3 is 4.74 Å². The largest absolute Gasteiger partial charge is 0.463 e. The van der Waals surface area contributed by atoms with Crippen LogP contribution >= 0.6 is 11.8 Å². The van der Waals surface area contributed by atoms with Gasteiger partial charge in [0.05, 0.1) is 6.61 Å². The summed E-state index contributed by atoms with van der Waals surface area (Å²) in [6, 6.07) is 0. The van der Waals surface area contributed by atoms with Gasteiger partial charge in [0, 0.05) is 11.5 Å².